The maximum absolute atomic E-state index is 5.64. The second kappa shape index (κ2) is 4.11. The highest BCUT2D eigenvalue weighted by Crippen LogP contribution is 2.12. The van der Waals surface area contributed by atoms with E-state index in [0.717, 1.165) is 0 Å². The van der Waals surface area contributed by atoms with Gasteiger partial charge in [0, 0.05) is 5.41 Å². The minimum atomic E-state index is -0.202. The SMILES string of the molecule is C[N+](C)=C(N)O/N=C(\N)C(C)(C)C. The quantitative estimate of drug-likeness (QED) is 0.261. The second-order valence-corrected chi connectivity index (χ2v) is 4.05. The van der Waals surface area contributed by atoms with Crippen LogP contribution in [0, 0.1) is 5.41 Å². The first-order valence-electron chi connectivity index (χ1n) is 4.06. The lowest BCUT2D eigenvalue weighted by Crippen LogP contribution is -2.31. The van der Waals surface area contributed by atoms with Crippen molar-refractivity contribution < 1.29 is 9.41 Å². The molecular formula is C8H19N4O+. The van der Waals surface area contributed by atoms with E-state index in [1.54, 1.807) is 18.7 Å². The number of nitrogens with zero attached hydrogens (tertiary/aromatic N) is 2. The van der Waals surface area contributed by atoms with Gasteiger partial charge in [0.1, 0.15) is 5.84 Å². The van der Waals surface area contributed by atoms with Crippen molar-refractivity contribution >= 4 is 11.9 Å². The fourth-order valence-electron chi connectivity index (χ4n) is 0.315. The average Bonchev–Trinajstić information content (AvgIpc) is 1.97. The van der Waals surface area contributed by atoms with Crippen molar-refractivity contribution in [2.24, 2.45) is 22.0 Å². The van der Waals surface area contributed by atoms with E-state index in [-0.39, 0.29) is 11.4 Å². The number of hydrogen-bond donors (Lipinski definition) is 2. The van der Waals surface area contributed by atoms with Gasteiger partial charge >= 0.3 is 6.02 Å². The fourth-order valence-corrected chi connectivity index (χ4v) is 0.315. The minimum Gasteiger partial charge on any atom is -0.384 e. The summed E-state index contributed by atoms with van der Waals surface area (Å²) in [6, 6.07) is 0.215. The van der Waals surface area contributed by atoms with Crippen molar-refractivity contribution in [3.63, 3.8) is 0 Å². The Hall–Kier alpha value is -1.26. The van der Waals surface area contributed by atoms with Gasteiger partial charge in [-0.1, -0.05) is 25.9 Å². The molecule has 13 heavy (non-hydrogen) atoms. The van der Waals surface area contributed by atoms with Crippen LogP contribution in [-0.2, 0) is 4.84 Å². The van der Waals surface area contributed by atoms with Crippen LogP contribution in [0.3, 0.4) is 0 Å². The van der Waals surface area contributed by atoms with Gasteiger partial charge in [-0.2, -0.15) is 0 Å². The topological polar surface area (TPSA) is 76.6 Å². The number of oxime groups is 1. The van der Waals surface area contributed by atoms with Gasteiger partial charge in [-0.15, -0.1) is 0 Å². The maximum Gasteiger partial charge on any atom is 0.468 e. The van der Waals surface area contributed by atoms with Crippen LogP contribution in [0.5, 0.6) is 0 Å². The summed E-state index contributed by atoms with van der Waals surface area (Å²) in [5, 5.41) is 3.71. The molecule has 0 aromatic carbocycles. The zero-order chi connectivity index (χ0) is 10.6. The van der Waals surface area contributed by atoms with Crippen LogP contribution in [0.25, 0.3) is 0 Å². The molecule has 0 atom stereocenters. The first-order valence-corrected chi connectivity index (χ1v) is 4.06. The maximum atomic E-state index is 5.64. The summed E-state index contributed by atoms with van der Waals surface area (Å²) in [6.45, 7) is 5.84. The molecule has 0 aromatic heterocycles. The third kappa shape index (κ3) is 4.35. The smallest absolute Gasteiger partial charge is 0.384 e. The van der Waals surface area contributed by atoms with Crippen LogP contribution < -0.4 is 11.5 Å². The molecule has 0 bridgehead atoms. The standard InChI is InChI=1S/C8H18N4O/c1-8(2,3)6(9)11-13-7(10)12(4)5/h10H,1-5H3,(H2,9,11)/p+1. The third-order valence-corrected chi connectivity index (χ3v) is 1.45. The Bertz CT molecular complexity index is 233. The Balaban J connectivity index is 4.38. The molecule has 5 nitrogen and oxygen atoms in total. The lowest BCUT2D eigenvalue weighted by molar-refractivity contribution is -0.475. The normalized spacial score (nSPS) is 12.5. The Morgan fingerprint density at radius 3 is 2.00 bits per heavy atom. The summed E-state index contributed by atoms with van der Waals surface area (Å²) in [4.78, 5) is 4.88. The lowest BCUT2D eigenvalue weighted by atomic mass is 9.96. The van der Waals surface area contributed by atoms with Crippen molar-refractivity contribution in [2.45, 2.75) is 20.8 Å². The van der Waals surface area contributed by atoms with E-state index in [9.17, 15) is 0 Å². The molecule has 0 unspecified atom stereocenters. The molecule has 5 heteroatoms. The van der Waals surface area contributed by atoms with Gasteiger partial charge in [-0.25, -0.2) is 4.58 Å². The summed E-state index contributed by atoms with van der Waals surface area (Å²) >= 11 is 0. The van der Waals surface area contributed by atoms with Crippen molar-refractivity contribution in [1.82, 2.24) is 0 Å². The van der Waals surface area contributed by atoms with E-state index in [0.29, 0.717) is 5.84 Å². The molecule has 0 aliphatic rings. The van der Waals surface area contributed by atoms with Gasteiger partial charge in [0.2, 0.25) is 0 Å². The second-order valence-electron chi connectivity index (χ2n) is 4.05. The zero-order valence-electron chi connectivity index (χ0n) is 8.96. The Kier molecular flexibility index (Phi) is 3.71. The number of rotatable bonds is 1. The van der Waals surface area contributed by atoms with Crippen molar-refractivity contribution in [3.05, 3.63) is 0 Å². The molecule has 0 fully saturated rings. The Labute approximate surface area is 79.0 Å². The average molecular weight is 187 g/mol. The molecule has 0 saturated heterocycles. The van der Waals surface area contributed by atoms with E-state index >= 15 is 0 Å². The Morgan fingerprint density at radius 1 is 1.23 bits per heavy atom. The van der Waals surface area contributed by atoms with Crippen molar-refractivity contribution in [1.29, 1.82) is 0 Å². The van der Waals surface area contributed by atoms with Gasteiger partial charge in [0.05, 0.1) is 14.1 Å². The third-order valence-electron chi connectivity index (χ3n) is 1.45. The zero-order valence-corrected chi connectivity index (χ0v) is 8.96. The predicted molar refractivity (Wildman–Crippen MR) is 53.5 cm³/mol. The molecule has 0 spiro atoms. The van der Waals surface area contributed by atoms with E-state index in [4.69, 9.17) is 16.3 Å². The van der Waals surface area contributed by atoms with E-state index in [2.05, 4.69) is 5.16 Å². The number of nitrogens with two attached hydrogens (primary N) is 2. The summed E-state index contributed by atoms with van der Waals surface area (Å²) in [7, 11) is 3.52. The predicted octanol–water partition coefficient (Wildman–Crippen LogP) is -0.0919. The molecule has 0 aliphatic heterocycles. The summed E-state index contributed by atoms with van der Waals surface area (Å²) in [5.74, 6) is 0.414. The van der Waals surface area contributed by atoms with Crippen LogP contribution in [0.15, 0.2) is 5.16 Å². The molecule has 0 amide bonds. The largest absolute Gasteiger partial charge is 0.468 e. The highest BCUT2D eigenvalue weighted by molar-refractivity contribution is 5.85. The number of amidine groups is 2. The van der Waals surface area contributed by atoms with E-state index < -0.39 is 0 Å². The van der Waals surface area contributed by atoms with Crippen LogP contribution in [0.4, 0.5) is 0 Å². The molecule has 0 saturated carbocycles. The summed E-state index contributed by atoms with van der Waals surface area (Å²) in [6.07, 6.45) is 0. The molecule has 0 heterocycles. The summed E-state index contributed by atoms with van der Waals surface area (Å²) in [5.41, 5.74) is 10.9. The molecule has 0 rings (SSSR count). The fraction of sp³-hybridized carbons (Fsp3) is 0.750. The van der Waals surface area contributed by atoms with Gasteiger partial charge in [-0.3, -0.25) is 10.6 Å². The highest BCUT2D eigenvalue weighted by atomic mass is 16.6. The molecule has 4 N–H and O–H groups in total. The van der Waals surface area contributed by atoms with Gasteiger partial charge < -0.3 is 5.73 Å². The van der Waals surface area contributed by atoms with E-state index in [1.807, 2.05) is 20.8 Å². The molecule has 76 valence electrons. The van der Waals surface area contributed by atoms with E-state index in [1.165, 1.54) is 0 Å². The number of hydrogen-bond acceptors (Lipinski definition) is 2. The van der Waals surface area contributed by atoms with Crippen LogP contribution in [0.1, 0.15) is 20.8 Å². The summed E-state index contributed by atoms with van der Waals surface area (Å²) < 4.78 is 1.61. The first kappa shape index (κ1) is 11.7. The lowest BCUT2D eigenvalue weighted by Gasteiger charge is -2.15. The molecule has 0 aliphatic carbocycles. The van der Waals surface area contributed by atoms with Crippen molar-refractivity contribution in [2.75, 3.05) is 14.1 Å². The molecular weight excluding hydrogens is 168 g/mol. The highest BCUT2D eigenvalue weighted by Gasteiger charge is 2.16. The monoisotopic (exact) mass is 187 g/mol. The molecule has 0 radical (unpaired) electrons. The van der Waals surface area contributed by atoms with Crippen LogP contribution in [-0.4, -0.2) is 30.5 Å². The minimum absolute atomic E-state index is 0.202. The van der Waals surface area contributed by atoms with Gasteiger partial charge in [0.15, 0.2) is 0 Å². The molecule has 0 aromatic rings. The Morgan fingerprint density at radius 2 is 1.69 bits per heavy atom. The van der Waals surface area contributed by atoms with Crippen LogP contribution >= 0.6 is 0 Å². The van der Waals surface area contributed by atoms with Gasteiger partial charge in [-0.05, 0) is 0 Å². The first-order chi connectivity index (χ1) is 5.75. The van der Waals surface area contributed by atoms with Crippen LogP contribution in [0.2, 0.25) is 0 Å². The van der Waals surface area contributed by atoms with Crippen molar-refractivity contribution in [3.8, 4) is 0 Å². The van der Waals surface area contributed by atoms with Gasteiger partial charge in [0.25, 0.3) is 0 Å².